The molecule has 2 unspecified atom stereocenters. The van der Waals surface area contributed by atoms with Crippen molar-refractivity contribution < 1.29 is 13.6 Å². The van der Waals surface area contributed by atoms with Crippen LogP contribution in [-0.4, -0.2) is 22.9 Å². The molecule has 2 rings (SSSR count). The van der Waals surface area contributed by atoms with Gasteiger partial charge in [0.1, 0.15) is 11.6 Å². The number of halogens is 2. The van der Waals surface area contributed by atoms with Crippen molar-refractivity contribution in [2.45, 2.75) is 38.4 Å². The Bertz CT molecular complexity index is 456. The van der Waals surface area contributed by atoms with Gasteiger partial charge in [-0.1, -0.05) is 0 Å². The number of nitrogens with zero attached hydrogens (tertiary/aromatic N) is 1. The van der Waals surface area contributed by atoms with Gasteiger partial charge in [-0.2, -0.15) is 0 Å². The second kappa shape index (κ2) is 4.65. The molecule has 0 spiro atoms. The van der Waals surface area contributed by atoms with Crippen LogP contribution in [0.15, 0.2) is 18.2 Å². The molecule has 2 atom stereocenters. The van der Waals surface area contributed by atoms with Gasteiger partial charge in [-0.25, -0.2) is 8.78 Å². The summed E-state index contributed by atoms with van der Waals surface area (Å²) in [6.07, 6.45) is 0.209. The fourth-order valence-corrected chi connectivity index (χ4v) is 2.54. The van der Waals surface area contributed by atoms with Crippen LogP contribution in [0.25, 0.3) is 0 Å². The van der Waals surface area contributed by atoms with Gasteiger partial charge in [-0.3, -0.25) is 4.79 Å². The van der Waals surface area contributed by atoms with E-state index in [-0.39, 0.29) is 18.4 Å². The molecule has 18 heavy (non-hydrogen) atoms. The number of likely N-dealkylation sites (tertiary alicyclic amines) is 1. The molecule has 2 N–H and O–H groups in total. The minimum atomic E-state index is -0.653. The molecule has 0 aliphatic carbocycles. The second-order valence-electron chi connectivity index (χ2n) is 4.91. The Hall–Kier alpha value is -1.49. The molecule has 1 aromatic carbocycles. The Kier molecular flexibility index (Phi) is 3.34. The lowest BCUT2D eigenvalue weighted by atomic mass is 10.00. The van der Waals surface area contributed by atoms with Crippen molar-refractivity contribution in [3.63, 3.8) is 0 Å². The summed E-state index contributed by atoms with van der Waals surface area (Å²) in [5.41, 5.74) is 6.34. The van der Waals surface area contributed by atoms with Gasteiger partial charge >= 0.3 is 0 Å². The largest absolute Gasteiger partial charge is 0.332 e. The normalized spacial score (nSPS) is 24.1. The highest BCUT2D eigenvalue weighted by Gasteiger charge is 2.40. The van der Waals surface area contributed by atoms with E-state index in [2.05, 4.69) is 0 Å². The van der Waals surface area contributed by atoms with E-state index in [0.717, 1.165) is 6.07 Å². The van der Waals surface area contributed by atoms with Crippen LogP contribution in [0.5, 0.6) is 0 Å². The van der Waals surface area contributed by atoms with Gasteiger partial charge in [0.15, 0.2) is 0 Å². The minimum Gasteiger partial charge on any atom is -0.332 e. The molecule has 1 fully saturated rings. The first-order valence-corrected chi connectivity index (χ1v) is 5.93. The zero-order valence-corrected chi connectivity index (χ0v) is 10.4. The second-order valence-corrected chi connectivity index (χ2v) is 4.91. The highest BCUT2D eigenvalue weighted by molar-refractivity contribution is 5.80. The summed E-state index contributed by atoms with van der Waals surface area (Å²) in [4.78, 5) is 13.4. The molecule has 0 saturated carbocycles. The SMILES string of the molecule is CC(C)N1C(=O)CC(N)C1c1cc(F)cc(F)c1. The number of nitrogens with two attached hydrogens (primary N) is 1. The maximum atomic E-state index is 13.2. The maximum absolute atomic E-state index is 13.2. The molecule has 1 heterocycles. The first-order valence-electron chi connectivity index (χ1n) is 5.93. The molecule has 1 amide bonds. The Morgan fingerprint density at radius 2 is 1.83 bits per heavy atom. The van der Waals surface area contributed by atoms with Crippen molar-refractivity contribution in [3.05, 3.63) is 35.4 Å². The third-order valence-electron chi connectivity index (χ3n) is 3.19. The number of amides is 1. The molecule has 0 bridgehead atoms. The lowest BCUT2D eigenvalue weighted by Crippen LogP contribution is -2.37. The first kappa shape index (κ1) is 13.0. The average Bonchev–Trinajstić information content (AvgIpc) is 2.51. The molecule has 1 aromatic rings. The molecule has 1 saturated heterocycles. The highest BCUT2D eigenvalue weighted by atomic mass is 19.1. The predicted octanol–water partition coefficient (Wildman–Crippen LogP) is 1.97. The Morgan fingerprint density at radius 1 is 1.28 bits per heavy atom. The Morgan fingerprint density at radius 3 is 2.33 bits per heavy atom. The lowest BCUT2D eigenvalue weighted by molar-refractivity contribution is -0.130. The zero-order valence-electron chi connectivity index (χ0n) is 10.4. The third kappa shape index (κ3) is 2.22. The van der Waals surface area contributed by atoms with Crippen molar-refractivity contribution in [1.29, 1.82) is 0 Å². The number of carbonyl (C=O) groups is 1. The summed E-state index contributed by atoms with van der Waals surface area (Å²) in [7, 11) is 0. The fourth-order valence-electron chi connectivity index (χ4n) is 2.54. The van der Waals surface area contributed by atoms with Crippen molar-refractivity contribution >= 4 is 5.91 Å². The molecule has 0 aromatic heterocycles. The molecule has 3 nitrogen and oxygen atoms in total. The smallest absolute Gasteiger partial charge is 0.225 e. The van der Waals surface area contributed by atoms with Crippen LogP contribution in [0.2, 0.25) is 0 Å². The zero-order chi connectivity index (χ0) is 13.4. The lowest BCUT2D eigenvalue weighted by Gasteiger charge is -2.30. The standard InChI is InChI=1S/C13H16F2N2O/c1-7(2)17-12(18)6-11(16)13(17)8-3-9(14)5-10(15)4-8/h3-5,7,11,13H,6,16H2,1-2H3. The van der Waals surface area contributed by atoms with Crippen LogP contribution in [0, 0.1) is 11.6 Å². The summed E-state index contributed by atoms with van der Waals surface area (Å²) in [5, 5.41) is 0. The number of benzene rings is 1. The molecule has 0 radical (unpaired) electrons. The summed E-state index contributed by atoms with van der Waals surface area (Å²) in [6.45, 7) is 3.72. The van der Waals surface area contributed by atoms with E-state index in [1.807, 2.05) is 13.8 Å². The van der Waals surface area contributed by atoms with Crippen LogP contribution in [0.1, 0.15) is 31.9 Å². The van der Waals surface area contributed by atoms with Gasteiger partial charge in [0.25, 0.3) is 0 Å². The van der Waals surface area contributed by atoms with E-state index >= 15 is 0 Å². The molecular weight excluding hydrogens is 238 g/mol. The first-order chi connectivity index (χ1) is 8.40. The summed E-state index contributed by atoms with van der Waals surface area (Å²) >= 11 is 0. The van der Waals surface area contributed by atoms with Gasteiger partial charge in [-0.15, -0.1) is 0 Å². The number of rotatable bonds is 2. The number of hydrogen-bond acceptors (Lipinski definition) is 2. The van der Waals surface area contributed by atoms with Crippen LogP contribution in [0.3, 0.4) is 0 Å². The van der Waals surface area contributed by atoms with E-state index in [9.17, 15) is 13.6 Å². The molecular formula is C13H16F2N2O. The van der Waals surface area contributed by atoms with Gasteiger partial charge < -0.3 is 10.6 Å². The van der Waals surface area contributed by atoms with Crippen LogP contribution in [-0.2, 0) is 4.79 Å². The van der Waals surface area contributed by atoms with Gasteiger partial charge in [0.2, 0.25) is 5.91 Å². The molecule has 1 aliphatic rings. The van der Waals surface area contributed by atoms with Gasteiger partial charge in [0, 0.05) is 24.6 Å². The average molecular weight is 254 g/mol. The minimum absolute atomic E-state index is 0.0534. The van der Waals surface area contributed by atoms with E-state index in [4.69, 9.17) is 5.73 Å². The van der Waals surface area contributed by atoms with E-state index in [0.29, 0.717) is 5.56 Å². The summed E-state index contributed by atoms with van der Waals surface area (Å²) < 4.78 is 26.5. The molecule has 1 aliphatic heterocycles. The quantitative estimate of drug-likeness (QED) is 0.877. The van der Waals surface area contributed by atoms with E-state index in [1.54, 1.807) is 4.90 Å². The Labute approximate surface area is 105 Å². The van der Waals surface area contributed by atoms with Crippen LogP contribution in [0.4, 0.5) is 8.78 Å². The molecule has 98 valence electrons. The van der Waals surface area contributed by atoms with Gasteiger partial charge in [-0.05, 0) is 31.5 Å². The Balaban J connectivity index is 2.43. The number of hydrogen-bond donors (Lipinski definition) is 1. The highest BCUT2D eigenvalue weighted by Crippen LogP contribution is 2.34. The van der Waals surface area contributed by atoms with Crippen molar-refractivity contribution in [2.24, 2.45) is 5.73 Å². The molecule has 5 heteroatoms. The van der Waals surface area contributed by atoms with E-state index < -0.39 is 23.7 Å². The maximum Gasteiger partial charge on any atom is 0.225 e. The van der Waals surface area contributed by atoms with Crippen LogP contribution < -0.4 is 5.73 Å². The van der Waals surface area contributed by atoms with E-state index in [1.165, 1.54) is 12.1 Å². The summed E-state index contributed by atoms with van der Waals surface area (Å²) in [6, 6.07) is 2.35. The third-order valence-corrected chi connectivity index (χ3v) is 3.19. The van der Waals surface area contributed by atoms with Gasteiger partial charge in [0.05, 0.1) is 6.04 Å². The summed E-state index contributed by atoms with van der Waals surface area (Å²) in [5.74, 6) is -1.38. The fraction of sp³-hybridized carbons (Fsp3) is 0.462. The number of carbonyl (C=O) groups excluding carboxylic acids is 1. The van der Waals surface area contributed by atoms with Crippen molar-refractivity contribution in [3.8, 4) is 0 Å². The van der Waals surface area contributed by atoms with Crippen molar-refractivity contribution in [1.82, 2.24) is 4.90 Å². The van der Waals surface area contributed by atoms with Crippen LogP contribution >= 0.6 is 0 Å². The predicted molar refractivity (Wildman–Crippen MR) is 63.7 cm³/mol. The monoisotopic (exact) mass is 254 g/mol. The topological polar surface area (TPSA) is 46.3 Å². The van der Waals surface area contributed by atoms with Crippen molar-refractivity contribution in [2.75, 3.05) is 0 Å².